The number of ether oxygens (including phenoxy) is 2. The largest absolute Gasteiger partial charge is 0.392 e. The highest BCUT2D eigenvalue weighted by molar-refractivity contribution is 6.01. The van der Waals surface area contributed by atoms with E-state index < -0.39 is 5.41 Å². The Morgan fingerprint density at radius 1 is 1.30 bits per heavy atom. The van der Waals surface area contributed by atoms with Gasteiger partial charge in [0, 0.05) is 46.3 Å². The molecule has 1 aromatic carbocycles. The Balaban J connectivity index is 1.60. The fourth-order valence-electron chi connectivity index (χ4n) is 3.78. The van der Waals surface area contributed by atoms with E-state index in [2.05, 4.69) is 41.7 Å². The van der Waals surface area contributed by atoms with Gasteiger partial charge in [0.1, 0.15) is 6.10 Å². The summed E-state index contributed by atoms with van der Waals surface area (Å²) in [6.07, 6.45) is 3.61. The maximum atomic E-state index is 13.0. The van der Waals surface area contributed by atoms with E-state index in [9.17, 15) is 4.79 Å². The van der Waals surface area contributed by atoms with Gasteiger partial charge in [0.25, 0.3) is 0 Å². The lowest BCUT2D eigenvalue weighted by Crippen LogP contribution is -2.47. The minimum Gasteiger partial charge on any atom is -0.392 e. The van der Waals surface area contributed by atoms with Crippen molar-refractivity contribution < 1.29 is 19.1 Å². The monoisotopic (exact) mass is 374 g/mol. The molecule has 148 valence electrons. The molecule has 0 aliphatic carbocycles. The number of amides is 1. The third kappa shape index (κ3) is 5.08. The Hall–Kier alpha value is -1.92. The van der Waals surface area contributed by atoms with Gasteiger partial charge in [-0.3, -0.25) is 4.79 Å². The summed E-state index contributed by atoms with van der Waals surface area (Å²) in [6, 6.07) is 8.32. The van der Waals surface area contributed by atoms with E-state index in [0.29, 0.717) is 32.8 Å². The Morgan fingerprint density at radius 3 is 2.74 bits per heavy atom. The molecule has 1 atom stereocenters. The molecule has 0 radical (unpaired) electrons. The lowest BCUT2D eigenvalue weighted by Gasteiger charge is -2.37. The molecule has 0 bridgehead atoms. The van der Waals surface area contributed by atoms with E-state index in [1.165, 1.54) is 5.56 Å². The van der Waals surface area contributed by atoms with Gasteiger partial charge in [-0.05, 0) is 31.7 Å². The smallest absolute Gasteiger partial charge is 0.226 e. The number of benzene rings is 1. The molecule has 1 N–H and O–H groups in total. The average molecular weight is 374 g/mol. The van der Waals surface area contributed by atoms with Crippen LogP contribution >= 0.6 is 0 Å². The number of carbonyl (C=O) groups is 1. The Labute approximate surface area is 161 Å². The van der Waals surface area contributed by atoms with Gasteiger partial charge >= 0.3 is 0 Å². The maximum Gasteiger partial charge on any atom is 0.226 e. The molecule has 0 aromatic heterocycles. The van der Waals surface area contributed by atoms with E-state index in [1.54, 1.807) is 7.11 Å². The molecule has 0 saturated carbocycles. The molecule has 1 aromatic rings. The van der Waals surface area contributed by atoms with Crippen LogP contribution in [0, 0.1) is 12.3 Å². The summed E-state index contributed by atoms with van der Waals surface area (Å²) in [7, 11) is 1.67. The van der Waals surface area contributed by atoms with Crippen molar-refractivity contribution in [3.05, 3.63) is 35.4 Å². The minimum absolute atomic E-state index is 0.0656. The number of rotatable bonds is 8. The number of oxime groups is 1. The van der Waals surface area contributed by atoms with Crippen molar-refractivity contribution in [2.75, 3.05) is 33.5 Å². The summed E-state index contributed by atoms with van der Waals surface area (Å²) >= 11 is 0. The summed E-state index contributed by atoms with van der Waals surface area (Å²) < 4.78 is 10.6. The number of methoxy groups -OCH3 is 1. The Kier molecular flexibility index (Phi) is 6.85. The highest BCUT2D eigenvalue weighted by Gasteiger charge is 2.43. The predicted molar refractivity (Wildman–Crippen MR) is 104 cm³/mol. The lowest BCUT2D eigenvalue weighted by molar-refractivity contribution is -0.140. The average Bonchev–Trinajstić information content (AvgIpc) is 3.14. The predicted octanol–water partition coefficient (Wildman–Crippen LogP) is 2.83. The van der Waals surface area contributed by atoms with E-state index >= 15 is 0 Å². The maximum absolute atomic E-state index is 13.0. The molecule has 0 unspecified atom stereocenters. The van der Waals surface area contributed by atoms with Crippen LogP contribution in [0.15, 0.2) is 29.4 Å². The molecule has 2 aliphatic heterocycles. The normalized spacial score (nSPS) is 21.4. The molecule has 27 heavy (non-hydrogen) atoms. The van der Waals surface area contributed by atoms with Crippen LogP contribution in [0.2, 0.25) is 0 Å². The molecule has 6 nitrogen and oxygen atoms in total. The van der Waals surface area contributed by atoms with Gasteiger partial charge in [-0.15, -0.1) is 0 Å². The van der Waals surface area contributed by atoms with Gasteiger partial charge in [0.2, 0.25) is 5.91 Å². The number of hydrogen-bond donors (Lipinski definition) is 1. The Morgan fingerprint density at radius 2 is 2.04 bits per heavy atom. The third-order valence-corrected chi connectivity index (χ3v) is 5.48. The summed E-state index contributed by atoms with van der Waals surface area (Å²) in [6.45, 7) is 4.58. The standard InChI is InChI=1S/C21H30N2O4/c1-16-4-6-17(7-5-16)19-14-18(27-23-19)15-21(8-12-26-13-9-21)20(24)22-10-3-11-25-2/h4-7,18H,3,8-15H2,1-2H3,(H,22,24)/t18-/m1/s1. The van der Waals surface area contributed by atoms with Crippen LogP contribution in [0.3, 0.4) is 0 Å². The fourth-order valence-corrected chi connectivity index (χ4v) is 3.78. The van der Waals surface area contributed by atoms with Crippen LogP contribution < -0.4 is 5.32 Å². The highest BCUT2D eigenvalue weighted by atomic mass is 16.6. The first-order valence-corrected chi connectivity index (χ1v) is 9.78. The van der Waals surface area contributed by atoms with Gasteiger partial charge < -0.3 is 19.6 Å². The molecular weight excluding hydrogens is 344 g/mol. The molecule has 6 heteroatoms. The first kappa shape index (κ1) is 19.8. The molecule has 0 spiro atoms. The zero-order valence-corrected chi connectivity index (χ0v) is 16.3. The van der Waals surface area contributed by atoms with Gasteiger partial charge in [0.15, 0.2) is 0 Å². The molecule has 1 amide bonds. The second kappa shape index (κ2) is 9.33. The minimum atomic E-state index is -0.436. The lowest BCUT2D eigenvalue weighted by atomic mass is 9.74. The van der Waals surface area contributed by atoms with Crippen LogP contribution in [0.5, 0.6) is 0 Å². The first-order chi connectivity index (χ1) is 13.1. The first-order valence-electron chi connectivity index (χ1n) is 9.78. The van der Waals surface area contributed by atoms with E-state index in [1.807, 2.05) is 0 Å². The van der Waals surface area contributed by atoms with Crippen molar-refractivity contribution in [3.8, 4) is 0 Å². The van der Waals surface area contributed by atoms with Crippen LogP contribution in [0.1, 0.15) is 43.2 Å². The molecule has 1 fully saturated rings. The molecule has 3 rings (SSSR count). The van der Waals surface area contributed by atoms with E-state index in [4.69, 9.17) is 14.3 Å². The zero-order chi connectivity index (χ0) is 19.1. The number of carbonyl (C=O) groups excluding carboxylic acids is 1. The third-order valence-electron chi connectivity index (χ3n) is 5.48. The van der Waals surface area contributed by atoms with Crippen molar-refractivity contribution in [2.24, 2.45) is 10.6 Å². The summed E-state index contributed by atoms with van der Waals surface area (Å²) in [5.41, 5.74) is 2.84. The quantitative estimate of drug-likeness (QED) is 0.711. The number of hydrogen-bond acceptors (Lipinski definition) is 5. The van der Waals surface area contributed by atoms with Crippen LogP contribution in [0.25, 0.3) is 0 Å². The second-order valence-corrected chi connectivity index (χ2v) is 7.53. The van der Waals surface area contributed by atoms with Crippen LogP contribution in [-0.2, 0) is 19.1 Å². The van der Waals surface area contributed by atoms with Gasteiger partial charge in [-0.2, -0.15) is 0 Å². The van der Waals surface area contributed by atoms with Crippen LogP contribution in [-0.4, -0.2) is 51.2 Å². The second-order valence-electron chi connectivity index (χ2n) is 7.53. The number of nitrogens with zero attached hydrogens (tertiary/aromatic N) is 1. The van der Waals surface area contributed by atoms with E-state index in [-0.39, 0.29) is 12.0 Å². The topological polar surface area (TPSA) is 69.2 Å². The molecule has 2 aliphatic rings. The van der Waals surface area contributed by atoms with E-state index in [0.717, 1.165) is 37.0 Å². The number of aryl methyl sites for hydroxylation is 1. The van der Waals surface area contributed by atoms with Crippen LogP contribution in [0.4, 0.5) is 0 Å². The van der Waals surface area contributed by atoms with Crippen molar-refractivity contribution in [3.63, 3.8) is 0 Å². The van der Waals surface area contributed by atoms with Crippen molar-refractivity contribution >= 4 is 11.6 Å². The fraction of sp³-hybridized carbons (Fsp3) is 0.619. The zero-order valence-electron chi connectivity index (χ0n) is 16.3. The van der Waals surface area contributed by atoms with Crippen molar-refractivity contribution in [2.45, 2.75) is 45.1 Å². The number of nitrogens with one attached hydrogen (secondary N) is 1. The summed E-state index contributed by atoms with van der Waals surface area (Å²) in [5.74, 6) is 0.106. The summed E-state index contributed by atoms with van der Waals surface area (Å²) in [5, 5.41) is 7.38. The highest BCUT2D eigenvalue weighted by Crippen LogP contribution is 2.38. The van der Waals surface area contributed by atoms with Crippen molar-refractivity contribution in [1.82, 2.24) is 5.32 Å². The SMILES string of the molecule is COCCCNC(=O)C1(C[C@H]2CC(c3ccc(C)cc3)=NO2)CCOCC1. The Bertz CT molecular complexity index is 651. The molecule has 1 saturated heterocycles. The molecular formula is C21H30N2O4. The summed E-state index contributed by atoms with van der Waals surface area (Å²) in [4.78, 5) is 18.7. The van der Waals surface area contributed by atoms with Gasteiger partial charge in [-0.25, -0.2) is 0 Å². The van der Waals surface area contributed by atoms with Crippen molar-refractivity contribution in [1.29, 1.82) is 0 Å². The van der Waals surface area contributed by atoms with Gasteiger partial charge in [0.05, 0.1) is 11.1 Å². The molecule has 2 heterocycles. The van der Waals surface area contributed by atoms with Gasteiger partial charge in [-0.1, -0.05) is 35.0 Å².